The number of alkyl halides is 3. The quantitative estimate of drug-likeness (QED) is 0.0306. The first-order valence-electron chi connectivity index (χ1n) is 21.1. The summed E-state index contributed by atoms with van der Waals surface area (Å²) in [4.78, 5) is 77.6. The van der Waals surface area contributed by atoms with Crippen LogP contribution >= 0.6 is 11.3 Å². The van der Waals surface area contributed by atoms with E-state index in [4.69, 9.17) is 35.9 Å². The number of primary amides is 1. The number of carbonyl (C=O) groups excluding carboxylic acids is 4. The van der Waals surface area contributed by atoms with Crippen LogP contribution in [0, 0.1) is 13.8 Å². The summed E-state index contributed by atoms with van der Waals surface area (Å²) in [6.07, 6.45) is 0.774. The fourth-order valence-corrected chi connectivity index (χ4v) is 8.10. The Balaban J connectivity index is 0.00000101. The molecule has 6 heterocycles. The summed E-state index contributed by atoms with van der Waals surface area (Å²) in [5.41, 5.74) is 11.8. The number of anilines is 1. The van der Waals surface area contributed by atoms with Gasteiger partial charge in [0, 0.05) is 57.6 Å². The standard InChI is InChI=1S/C40H48N14O6S.C2HF3O2/c1-5-53-29(18-24(3)48-53)37(57)45-39-44-28-20-26(34(41)55)21-31(60-15-9-10-50-13-16-59-17-14-50)33(28)51(39)11-7-8-12-52-35-32(22-27(23-43-35)36(56)47-42)61-40(52)46-38(58)30-19-25(4)49-54(30)6-2;3-2(4,5)1(6)7/h7-8,18-23H,5-6,9-17,42H2,1-4H3,(H2,41,55)(H,47,56)(H,44,45,57);(H,6,7)/b8-7+,46-40+;. The second-order valence-electron chi connectivity index (χ2n) is 15.0. The summed E-state index contributed by atoms with van der Waals surface area (Å²) < 4.78 is 50.9. The van der Waals surface area contributed by atoms with Gasteiger partial charge < -0.3 is 24.9 Å². The van der Waals surface area contributed by atoms with Crippen LogP contribution in [-0.2, 0) is 35.7 Å². The van der Waals surface area contributed by atoms with Gasteiger partial charge in [-0.15, -0.1) is 0 Å². The number of nitrogens with one attached hydrogen (secondary N) is 2. The summed E-state index contributed by atoms with van der Waals surface area (Å²) >= 11 is 1.20. The molecule has 7 rings (SSSR count). The molecule has 1 aromatic carbocycles. The predicted octanol–water partition coefficient (Wildman–Crippen LogP) is 3.18. The fraction of sp³-hybridized carbons (Fsp3) is 0.381. The number of benzene rings is 1. The predicted molar refractivity (Wildman–Crippen MR) is 241 cm³/mol. The number of rotatable bonds is 16. The van der Waals surface area contributed by atoms with E-state index in [1.807, 2.05) is 32.9 Å². The molecule has 68 heavy (non-hydrogen) atoms. The molecule has 7 N–H and O–H groups in total. The monoisotopic (exact) mass is 966 g/mol. The van der Waals surface area contributed by atoms with Crippen LogP contribution in [0.4, 0.5) is 19.1 Å². The first-order valence-corrected chi connectivity index (χ1v) is 22.0. The van der Waals surface area contributed by atoms with Crippen molar-refractivity contribution in [2.45, 2.75) is 66.5 Å². The van der Waals surface area contributed by atoms with Crippen LogP contribution in [0.3, 0.4) is 0 Å². The van der Waals surface area contributed by atoms with Crippen LogP contribution in [0.25, 0.3) is 21.4 Å². The topological polar surface area (TPSA) is 287 Å². The van der Waals surface area contributed by atoms with E-state index in [0.717, 1.165) is 26.1 Å². The number of imidazole rings is 1. The van der Waals surface area contributed by atoms with E-state index in [1.54, 1.807) is 55.8 Å². The van der Waals surface area contributed by atoms with E-state index >= 15 is 0 Å². The van der Waals surface area contributed by atoms with E-state index < -0.39 is 35.8 Å². The van der Waals surface area contributed by atoms with E-state index in [-0.39, 0.29) is 30.2 Å². The van der Waals surface area contributed by atoms with Gasteiger partial charge in [0.2, 0.25) is 11.9 Å². The maximum Gasteiger partial charge on any atom is 0.490 e. The zero-order valence-electron chi connectivity index (χ0n) is 37.4. The fourth-order valence-electron chi connectivity index (χ4n) is 7.06. The van der Waals surface area contributed by atoms with Gasteiger partial charge >= 0.3 is 12.1 Å². The molecule has 362 valence electrons. The number of aliphatic carboxylic acids is 1. The van der Waals surface area contributed by atoms with E-state index in [2.05, 4.69) is 35.8 Å². The average molecular weight is 967 g/mol. The normalized spacial score (nSPS) is 13.5. The van der Waals surface area contributed by atoms with Gasteiger partial charge in [0.1, 0.15) is 22.7 Å². The van der Waals surface area contributed by atoms with Crippen LogP contribution in [0.1, 0.15) is 73.3 Å². The highest BCUT2D eigenvalue weighted by Gasteiger charge is 2.38. The number of nitrogen functional groups attached to an aromatic ring is 1. The van der Waals surface area contributed by atoms with Crippen molar-refractivity contribution in [3.05, 3.63) is 87.4 Å². The zero-order valence-corrected chi connectivity index (χ0v) is 38.2. The third-order valence-corrected chi connectivity index (χ3v) is 11.3. The largest absolute Gasteiger partial charge is 0.491 e. The molecule has 1 saturated heterocycles. The Morgan fingerprint density at radius 2 is 1.56 bits per heavy atom. The summed E-state index contributed by atoms with van der Waals surface area (Å²) in [5, 5.41) is 18.9. The second-order valence-corrected chi connectivity index (χ2v) is 16.1. The van der Waals surface area contributed by atoms with Crippen LogP contribution in [0.5, 0.6) is 5.75 Å². The van der Waals surface area contributed by atoms with Gasteiger partial charge in [-0.1, -0.05) is 23.5 Å². The molecule has 6 aromatic rings. The third kappa shape index (κ3) is 12.0. The first kappa shape index (κ1) is 50.1. The number of pyridine rings is 1. The number of amides is 4. The smallest absolute Gasteiger partial charge is 0.490 e. The number of allylic oxidation sites excluding steroid dienone is 2. The van der Waals surface area contributed by atoms with Gasteiger partial charge in [0.25, 0.3) is 17.7 Å². The molecule has 4 amide bonds. The Labute approximate surface area is 389 Å². The molecule has 0 saturated carbocycles. The maximum absolute atomic E-state index is 13.8. The molecule has 26 heteroatoms. The summed E-state index contributed by atoms with van der Waals surface area (Å²) in [7, 11) is 0. The number of carboxylic acid groups (broad SMARTS) is 1. The first-order chi connectivity index (χ1) is 32.4. The van der Waals surface area contributed by atoms with Crippen LogP contribution in [-0.4, -0.2) is 124 Å². The lowest BCUT2D eigenvalue weighted by molar-refractivity contribution is -0.192. The Bertz CT molecular complexity index is 2940. The molecule has 0 aliphatic carbocycles. The molecule has 1 aliphatic heterocycles. The number of hydrogen-bond donors (Lipinski definition) is 5. The molecule has 0 spiro atoms. The van der Waals surface area contributed by atoms with E-state index in [9.17, 15) is 32.3 Å². The lowest BCUT2D eigenvalue weighted by Gasteiger charge is -2.26. The molecule has 1 aliphatic rings. The summed E-state index contributed by atoms with van der Waals surface area (Å²) in [5.74, 6) is 1.15. The Kier molecular flexibility index (Phi) is 16.2. The number of carbonyl (C=O) groups is 5. The number of ether oxygens (including phenoxy) is 2. The minimum Gasteiger partial charge on any atom is -0.491 e. The summed E-state index contributed by atoms with van der Waals surface area (Å²) in [6.45, 7) is 13.0. The van der Waals surface area contributed by atoms with Gasteiger partial charge in [-0.2, -0.15) is 28.4 Å². The number of fused-ring (bicyclic) bond motifs is 2. The van der Waals surface area contributed by atoms with Crippen LogP contribution < -0.4 is 31.9 Å². The zero-order chi connectivity index (χ0) is 49.3. The van der Waals surface area contributed by atoms with Crippen molar-refractivity contribution in [3.63, 3.8) is 0 Å². The van der Waals surface area contributed by atoms with Crippen LogP contribution in [0.2, 0.25) is 0 Å². The molecule has 1 fully saturated rings. The van der Waals surface area contributed by atoms with Gasteiger partial charge in [-0.3, -0.25) is 48.8 Å². The number of carboxylic acids is 1. The van der Waals surface area contributed by atoms with E-state index in [0.29, 0.717) is 87.6 Å². The lowest BCUT2D eigenvalue weighted by Crippen LogP contribution is -2.37. The second kappa shape index (κ2) is 22.0. The number of nitrogens with two attached hydrogens (primary N) is 2. The van der Waals surface area contributed by atoms with Crippen molar-refractivity contribution >= 4 is 68.3 Å². The third-order valence-electron chi connectivity index (χ3n) is 10.2. The van der Waals surface area contributed by atoms with Crippen molar-refractivity contribution in [2.24, 2.45) is 16.6 Å². The van der Waals surface area contributed by atoms with Crippen molar-refractivity contribution in [3.8, 4) is 5.75 Å². The minimum absolute atomic E-state index is 0.190. The van der Waals surface area contributed by atoms with Crippen molar-refractivity contribution in [1.82, 2.24) is 49.0 Å². The Morgan fingerprint density at radius 1 is 0.926 bits per heavy atom. The Hall–Kier alpha value is -7.29. The molecule has 22 nitrogen and oxygen atoms in total. The molecule has 5 aromatic heterocycles. The number of halogens is 3. The number of nitrogens with zero attached hydrogens (tertiary/aromatic N) is 10. The van der Waals surface area contributed by atoms with Gasteiger partial charge in [-0.25, -0.2) is 20.6 Å². The highest BCUT2D eigenvalue weighted by molar-refractivity contribution is 7.16. The number of morpholine rings is 1. The number of hydrogen-bond acceptors (Lipinski definition) is 14. The highest BCUT2D eigenvalue weighted by Crippen LogP contribution is 2.32. The number of aryl methyl sites for hydroxylation is 4. The highest BCUT2D eigenvalue weighted by atomic mass is 32.1. The number of thiazole rings is 1. The van der Waals surface area contributed by atoms with Gasteiger partial charge in [0.05, 0.1) is 47.0 Å². The van der Waals surface area contributed by atoms with Crippen LogP contribution in [0.15, 0.2) is 53.7 Å². The van der Waals surface area contributed by atoms with Crippen molar-refractivity contribution in [2.75, 3.05) is 44.8 Å². The number of hydrazine groups is 1. The lowest BCUT2D eigenvalue weighted by atomic mass is 10.1. The van der Waals surface area contributed by atoms with E-state index in [1.165, 1.54) is 17.5 Å². The SMILES string of the molecule is CCn1nc(C)cc1C(=O)/N=c1/sc2cc(C(=O)NN)cnc2n1C/C=C/Cn1c(NC(=O)c2cc(C)nn2CC)nc2cc(C(N)=O)cc(OCCCN3CCOCC3)c21.O=C(O)C(F)(F)F. The summed E-state index contributed by atoms with van der Waals surface area (Å²) in [6, 6.07) is 8.19. The molecular formula is C42H49F3N14O8S. The Morgan fingerprint density at radius 3 is 2.18 bits per heavy atom. The van der Waals surface area contributed by atoms with Gasteiger partial charge in [0.15, 0.2) is 10.4 Å². The average Bonchev–Trinajstić information content (AvgIpc) is 4.08. The van der Waals surface area contributed by atoms with Crippen molar-refractivity contribution in [1.29, 1.82) is 0 Å². The molecule has 0 atom stereocenters. The van der Waals surface area contributed by atoms with Gasteiger partial charge in [-0.05, 0) is 64.4 Å². The molecular weight excluding hydrogens is 918 g/mol. The number of aromatic nitrogens is 8. The molecule has 0 unspecified atom stereocenters. The minimum atomic E-state index is -5.08. The van der Waals surface area contributed by atoms with Crippen molar-refractivity contribution < 1.29 is 51.7 Å². The maximum atomic E-state index is 13.8. The molecule has 0 bridgehead atoms. The molecule has 0 radical (unpaired) electrons.